The molecule has 0 spiro atoms. The van der Waals surface area contributed by atoms with Gasteiger partial charge in [-0.25, -0.2) is 0 Å². The van der Waals surface area contributed by atoms with Crippen LogP contribution in [0.5, 0.6) is 0 Å². The third-order valence-electron chi connectivity index (χ3n) is 2.76. The first-order chi connectivity index (χ1) is 10.4. The molecule has 1 unspecified atom stereocenters. The first kappa shape index (κ1) is 18.4. The van der Waals surface area contributed by atoms with Gasteiger partial charge >= 0.3 is 5.97 Å². The van der Waals surface area contributed by atoms with Gasteiger partial charge in [-0.2, -0.15) is 8.78 Å². The highest BCUT2D eigenvalue weighted by Gasteiger charge is 2.17. The van der Waals surface area contributed by atoms with Crippen molar-refractivity contribution in [2.24, 2.45) is 0 Å². The molecule has 8 heteroatoms. The van der Waals surface area contributed by atoms with Gasteiger partial charge in [0.15, 0.2) is 0 Å². The molecule has 1 atom stereocenters. The summed E-state index contributed by atoms with van der Waals surface area (Å²) >= 11 is 0.342. The smallest absolute Gasteiger partial charge is 0.320 e. The molecule has 122 valence electrons. The molecule has 1 rings (SSSR count). The largest absolute Gasteiger partial charge is 0.480 e. The second kappa shape index (κ2) is 9.37. The molecule has 1 amide bonds. The number of amides is 1. The number of hydrogen-bond acceptors (Lipinski definition) is 4. The molecule has 0 aliphatic carbocycles. The number of thioether (sulfide) groups is 1. The van der Waals surface area contributed by atoms with Crippen molar-refractivity contribution in [2.75, 3.05) is 11.9 Å². The lowest BCUT2D eigenvalue weighted by atomic mass is 10.2. The lowest BCUT2D eigenvalue weighted by molar-refractivity contribution is -0.139. The van der Waals surface area contributed by atoms with Crippen molar-refractivity contribution in [1.29, 1.82) is 0 Å². The molecule has 0 heterocycles. The van der Waals surface area contributed by atoms with E-state index in [0.717, 1.165) is 0 Å². The maximum atomic E-state index is 12.4. The average molecular weight is 332 g/mol. The summed E-state index contributed by atoms with van der Waals surface area (Å²) in [5.41, 5.74) is 0.280. The second-order valence-corrected chi connectivity index (χ2v) is 5.52. The predicted molar refractivity (Wildman–Crippen MR) is 81.3 cm³/mol. The Bertz CT molecular complexity index is 515. The van der Waals surface area contributed by atoms with E-state index in [4.69, 9.17) is 5.11 Å². The summed E-state index contributed by atoms with van der Waals surface area (Å²) in [6, 6.07) is 5.41. The molecule has 0 aromatic heterocycles. The summed E-state index contributed by atoms with van der Waals surface area (Å²) < 4.78 is 24.9. The van der Waals surface area contributed by atoms with Crippen molar-refractivity contribution in [3.8, 4) is 0 Å². The van der Waals surface area contributed by atoms with Gasteiger partial charge in [0.2, 0.25) is 5.91 Å². The Morgan fingerprint density at radius 3 is 2.59 bits per heavy atom. The van der Waals surface area contributed by atoms with E-state index in [0.29, 0.717) is 24.6 Å². The third-order valence-corrected chi connectivity index (χ3v) is 3.55. The molecule has 3 N–H and O–H groups in total. The van der Waals surface area contributed by atoms with Gasteiger partial charge in [0.05, 0.1) is 12.2 Å². The first-order valence-electron chi connectivity index (χ1n) is 6.74. The zero-order chi connectivity index (χ0) is 16.5. The number of rotatable bonds is 9. The number of alkyl halides is 2. The molecule has 1 aromatic rings. The lowest BCUT2D eigenvalue weighted by Gasteiger charge is -2.14. The molecule has 0 saturated heterocycles. The fourth-order valence-corrected chi connectivity index (χ4v) is 2.38. The van der Waals surface area contributed by atoms with E-state index in [1.807, 2.05) is 6.92 Å². The van der Waals surface area contributed by atoms with Crippen molar-refractivity contribution >= 4 is 29.3 Å². The number of nitrogens with one attached hydrogen (secondary N) is 2. The monoisotopic (exact) mass is 332 g/mol. The summed E-state index contributed by atoms with van der Waals surface area (Å²) in [5, 5.41) is 14.1. The molecule has 0 radical (unpaired) electrons. The summed E-state index contributed by atoms with van der Waals surface area (Å²) in [6.45, 7) is 1.64. The fourth-order valence-electron chi connectivity index (χ4n) is 1.78. The normalized spacial score (nSPS) is 12.2. The molecular formula is C14H18F2N2O3S. The van der Waals surface area contributed by atoms with Crippen molar-refractivity contribution in [3.05, 3.63) is 24.3 Å². The van der Waals surface area contributed by atoms with Gasteiger partial charge in [0, 0.05) is 4.90 Å². The van der Waals surface area contributed by atoms with Crippen LogP contribution in [0.25, 0.3) is 0 Å². The van der Waals surface area contributed by atoms with E-state index in [9.17, 15) is 18.4 Å². The number of anilines is 1. The number of carboxylic acids is 1. The highest BCUT2D eigenvalue weighted by molar-refractivity contribution is 7.99. The van der Waals surface area contributed by atoms with E-state index >= 15 is 0 Å². The highest BCUT2D eigenvalue weighted by atomic mass is 32.2. The number of carbonyl (C=O) groups is 2. The molecule has 0 bridgehead atoms. The Labute approximate surface area is 131 Å². The summed E-state index contributed by atoms with van der Waals surface area (Å²) in [4.78, 5) is 23.0. The van der Waals surface area contributed by atoms with E-state index < -0.39 is 23.7 Å². The highest BCUT2D eigenvalue weighted by Crippen LogP contribution is 2.31. The number of carbonyl (C=O) groups excluding carboxylic acids is 1. The lowest BCUT2D eigenvalue weighted by Crippen LogP contribution is -2.41. The van der Waals surface area contributed by atoms with Crippen molar-refractivity contribution in [2.45, 2.75) is 36.5 Å². The summed E-state index contributed by atoms with van der Waals surface area (Å²) in [7, 11) is 0. The third kappa shape index (κ3) is 6.40. The molecule has 0 saturated carbocycles. The predicted octanol–water partition coefficient (Wildman–Crippen LogP) is 2.78. The van der Waals surface area contributed by atoms with Gasteiger partial charge in [-0.05, 0) is 18.6 Å². The van der Waals surface area contributed by atoms with Crippen LogP contribution < -0.4 is 10.6 Å². The zero-order valence-corrected chi connectivity index (χ0v) is 12.8. The van der Waals surface area contributed by atoms with Gasteiger partial charge in [-0.15, -0.1) is 0 Å². The Morgan fingerprint density at radius 2 is 2.00 bits per heavy atom. The number of carboxylic acid groups (broad SMARTS) is 1. The van der Waals surface area contributed by atoms with E-state index in [2.05, 4.69) is 10.6 Å². The van der Waals surface area contributed by atoms with Crippen LogP contribution in [0.15, 0.2) is 29.2 Å². The quantitative estimate of drug-likeness (QED) is 0.606. The Hall–Kier alpha value is -1.67. The minimum atomic E-state index is -2.59. The van der Waals surface area contributed by atoms with E-state index in [-0.39, 0.29) is 17.1 Å². The molecule has 0 aliphatic heterocycles. The topological polar surface area (TPSA) is 78.4 Å². The fraction of sp³-hybridized carbons (Fsp3) is 0.429. The molecule has 1 aromatic carbocycles. The van der Waals surface area contributed by atoms with Gasteiger partial charge in [0.25, 0.3) is 5.76 Å². The van der Waals surface area contributed by atoms with Crippen LogP contribution in [0.4, 0.5) is 14.5 Å². The number of aliphatic carboxylic acids is 1. The Kier molecular flexibility index (Phi) is 7.83. The molecular weight excluding hydrogens is 314 g/mol. The summed E-state index contributed by atoms with van der Waals surface area (Å²) in [5.74, 6) is -4.09. The maximum Gasteiger partial charge on any atom is 0.320 e. The van der Waals surface area contributed by atoms with Crippen LogP contribution in [-0.4, -0.2) is 35.3 Å². The van der Waals surface area contributed by atoms with Gasteiger partial charge < -0.3 is 10.4 Å². The minimum absolute atomic E-state index is 0.204. The number of benzene rings is 1. The van der Waals surface area contributed by atoms with Crippen LogP contribution in [0, 0.1) is 0 Å². The van der Waals surface area contributed by atoms with E-state index in [1.165, 1.54) is 12.1 Å². The molecule has 0 aliphatic rings. The van der Waals surface area contributed by atoms with Crippen LogP contribution in [-0.2, 0) is 9.59 Å². The Morgan fingerprint density at radius 1 is 1.32 bits per heavy atom. The average Bonchev–Trinajstić information content (AvgIpc) is 2.44. The van der Waals surface area contributed by atoms with Crippen molar-refractivity contribution in [1.82, 2.24) is 5.32 Å². The SMILES string of the molecule is CCCC(NCC(=O)Nc1ccccc1SC(F)F)C(=O)O. The standard InChI is InChI=1S/C14H18F2N2O3S/c1-2-5-10(13(20)21)17-8-12(19)18-9-6-3-4-7-11(9)22-14(15)16/h3-4,6-7,10,14,17H,2,5,8H2,1H3,(H,18,19)(H,20,21). The maximum absolute atomic E-state index is 12.4. The van der Waals surface area contributed by atoms with Crippen molar-refractivity contribution in [3.63, 3.8) is 0 Å². The second-order valence-electron chi connectivity index (χ2n) is 4.48. The minimum Gasteiger partial charge on any atom is -0.480 e. The van der Waals surface area contributed by atoms with Crippen LogP contribution in [0.1, 0.15) is 19.8 Å². The zero-order valence-electron chi connectivity index (χ0n) is 12.0. The van der Waals surface area contributed by atoms with E-state index in [1.54, 1.807) is 12.1 Å². The molecule has 5 nitrogen and oxygen atoms in total. The molecule has 22 heavy (non-hydrogen) atoms. The summed E-state index contributed by atoms with van der Waals surface area (Å²) in [6.07, 6.45) is 1.07. The number of halogens is 2. The van der Waals surface area contributed by atoms with Gasteiger partial charge in [0.1, 0.15) is 6.04 Å². The van der Waals surface area contributed by atoms with Gasteiger partial charge in [-0.3, -0.25) is 14.9 Å². The van der Waals surface area contributed by atoms with Crippen LogP contribution >= 0.6 is 11.8 Å². The van der Waals surface area contributed by atoms with Crippen molar-refractivity contribution < 1.29 is 23.5 Å². The number of hydrogen-bond donors (Lipinski definition) is 3. The molecule has 0 fully saturated rings. The van der Waals surface area contributed by atoms with Crippen LogP contribution in [0.3, 0.4) is 0 Å². The van der Waals surface area contributed by atoms with Crippen LogP contribution in [0.2, 0.25) is 0 Å². The van der Waals surface area contributed by atoms with Gasteiger partial charge in [-0.1, -0.05) is 37.2 Å². The number of para-hydroxylation sites is 1. The first-order valence-corrected chi connectivity index (χ1v) is 7.61. The Balaban J connectivity index is 2.60.